The number of carbonyl (C=O) groups is 2. The number of hydrogen-bond donors (Lipinski definition) is 3. The van der Waals surface area contributed by atoms with Gasteiger partial charge < -0.3 is 15.7 Å². The number of aliphatic hydroxyl groups excluding tert-OH is 1. The van der Waals surface area contributed by atoms with E-state index < -0.39 is 17.9 Å². The molecule has 0 fully saturated rings. The third-order valence-electron chi connectivity index (χ3n) is 3.61. The molecule has 5 heteroatoms. The third kappa shape index (κ3) is 5.15. The van der Waals surface area contributed by atoms with Crippen LogP contribution in [0.4, 0.5) is 5.69 Å². The molecule has 1 atom stereocenters. The first kappa shape index (κ1) is 18.2. The zero-order valence-electron chi connectivity index (χ0n) is 13.8. The maximum Gasteiger partial charge on any atom is 0.313 e. The second-order valence-corrected chi connectivity index (χ2v) is 5.75. The largest absolute Gasteiger partial charge is 0.393 e. The number of aryl methyl sites for hydroxylation is 1. The van der Waals surface area contributed by atoms with E-state index in [0.29, 0.717) is 18.5 Å². The van der Waals surface area contributed by atoms with E-state index in [1.165, 1.54) is 0 Å². The van der Waals surface area contributed by atoms with Crippen LogP contribution >= 0.6 is 0 Å². The van der Waals surface area contributed by atoms with E-state index in [0.717, 1.165) is 11.1 Å². The highest BCUT2D eigenvalue weighted by Gasteiger charge is 2.17. The van der Waals surface area contributed by atoms with E-state index in [2.05, 4.69) is 10.6 Å². The van der Waals surface area contributed by atoms with Crippen molar-refractivity contribution >= 4 is 17.5 Å². The Kier molecular flexibility index (Phi) is 7.05. The Morgan fingerprint density at radius 2 is 1.91 bits per heavy atom. The van der Waals surface area contributed by atoms with Crippen molar-refractivity contribution in [2.24, 2.45) is 0 Å². The molecule has 0 aliphatic heterocycles. The van der Waals surface area contributed by atoms with Crippen LogP contribution in [0.5, 0.6) is 0 Å². The lowest BCUT2D eigenvalue weighted by molar-refractivity contribution is -0.136. The van der Waals surface area contributed by atoms with Crippen molar-refractivity contribution in [3.05, 3.63) is 29.3 Å². The molecule has 0 saturated heterocycles. The molecule has 22 heavy (non-hydrogen) atoms. The standard InChI is InChI=1S/C17H26N2O3/c1-5-13(20)9-10-18-16(21)17(22)19-15-12(4)7-6-8-14(15)11(2)3/h6-8,11,13,20H,5,9-10H2,1-4H3,(H,18,21)(H,19,22). The lowest BCUT2D eigenvalue weighted by Gasteiger charge is -2.16. The molecular formula is C17H26N2O3. The van der Waals surface area contributed by atoms with Crippen LogP contribution < -0.4 is 10.6 Å². The van der Waals surface area contributed by atoms with E-state index in [1.807, 2.05) is 45.9 Å². The van der Waals surface area contributed by atoms with Gasteiger partial charge in [0.25, 0.3) is 0 Å². The predicted octanol–water partition coefficient (Wildman–Crippen LogP) is 2.33. The number of carbonyl (C=O) groups excluding carboxylic acids is 2. The van der Waals surface area contributed by atoms with Crippen molar-refractivity contribution in [2.75, 3.05) is 11.9 Å². The molecule has 1 unspecified atom stereocenters. The molecule has 0 aliphatic rings. The van der Waals surface area contributed by atoms with Crippen molar-refractivity contribution < 1.29 is 14.7 Å². The van der Waals surface area contributed by atoms with Gasteiger partial charge in [0, 0.05) is 12.2 Å². The molecule has 0 spiro atoms. The molecule has 2 amide bonds. The number of para-hydroxylation sites is 1. The second-order valence-electron chi connectivity index (χ2n) is 5.75. The van der Waals surface area contributed by atoms with Crippen LogP contribution in [0.25, 0.3) is 0 Å². The van der Waals surface area contributed by atoms with Crippen molar-refractivity contribution in [3.63, 3.8) is 0 Å². The molecule has 0 aliphatic carbocycles. The van der Waals surface area contributed by atoms with Crippen molar-refractivity contribution in [1.82, 2.24) is 5.32 Å². The number of hydrogen-bond acceptors (Lipinski definition) is 3. The lowest BCUT2D eigenvalue weighted by atomic mass is 9.98. The van der Waals surface area contributed by atoms with Crippen LogP contribution in [0.3, 0.4) is 0 Å². The molecule has 0 bridgehead atoms. The summed E-state index contributed by atoms with van der Waals surface area (Å²) in [5, 5.41) is 14.7. The molecule has 1 rings (SSSR count). The summed E-state index contributed by atoms with van der Waals surface area (Å²) in [4.78, 5) is 23.8. The molecule has 1 aromatic rings. The Hall–Kier alpha value is -1.88. The maximum absolute atomic E-state index is 12.0. The highest BCUT2D eigenvalue weighted by molar-refractivity contribution is 6.39. The minimum Gasteiger partial charge on any atom is -0.393 e. The first-order chi connectivity index (χ1) is 10.4. The Morgan fingerprint density at radius 1 is 1.23 bits per heavy atom. The average molecular weight is 306 g/mol. The van der Waals surface area contributed by atoms with Gasteiger partial charge in [0.15, 0.2) is 0 Å². The summed E-state index contributed by atoms with van der Waals surface area (Å²) < 4.78 is 0. The summed E-state index contributed by atoms with van der Waals surface area (Å²) in [6.07, 6.45) is 0.618. The van der Waals surface area contributed by atoms with Gasteiger partial charge in [-0.1, -0.05) is 39.0 Å². The van der Waals surface area contributed by atoms with Crippen LogP contribution in [0.1, 0.15) is 50.7 Å². The van der Waals surface area contributed by atoms with Crippen LogP contribution in [0, 0.1) is 6.92 Å². The molecule has 0 saturated carbocycles. The van der Waals surface area contributed by atoms with E-state index in [1.54, 1.807) is 0 Å². The Bertz CT molecular complexity index is 527. The topological polar surface area (TPSA) is 78.4 Å². The number of benzene rings is 1. The van der Waals surface area contributed by atoms with E-state index in [9.17, 15) is 14.7 Å². The highest BCUT2D eigenvalue weighted by atomic mass is 16.3. The monoisotopic (exact) mass is 306 g/mol. The maximum atomic E-state index is 12.0. The first-order valence-electron chi connectivity index (χ1n) is 7.73. The summed E-state index contributed by atoms with van der Waals surface area (Å²) >= 11 is 0. The fraction of sp³-hybridized carbons (Fsp3) is 0.529. The SMILES string of the molecule is CCC(O)CCNC(=O)C(=O)Nc1c(C)cccc1C(C)C. The second kappa shape index (κ2) is 8.54. The fourth-order valence-corrected chi connectivity index (χ4v) is 2.15. The van der Waals surface area contributed by atoms with Crippen LogP contribution in [-0.2, 0) is 9.59 Å². The Labute approximate surface area is 132 Å². The lowest BCUT2D eigenvalue weighted by Crippen LogP contribution is -2.37. The zero-order chi connectivity index (χ0) is 16.7. The minimum atomic E-state index is -0.679. The van der Waals surface area contributed by atoms with Gasteiger partial charge in [0.2, 0.25) is 0 Å². The fourth-order valence-electron chi connectivity index (χ4n) is 2.15. The van der Waals surface area contributed by atoms with Gasteiger partial charge >= 0.3 is 11.8 Å². The van der Waals surface area contributed by atoms with Crippen molar-refractivity contribution in [1.29, 1.82) is 0 Å². The van der Waals surface area contributed by atoms with Gasteiger partial charge in [-0.15, -0.1) is 0 Å². The zero-order valence-corrected chi connectivity index (χ0v) is 13.8. The molecule has 0 radical (unpaired) electrons. The molecular weight excluding hydrogens is 280 g/mol. The van der Waals surface area contributed by atoms with Crippen LogP contribution in [0.15, 0.2) is 18.2 Å². The number of amides is 2. The smallest absolute Gasteiger partial charge is 0.313 e. The van der Waals surface area contributed by atoms with Gasteiger partial charge in [-0.3, -0.25) is 9.59 Å². The first-order valence-corrected chi connectivity index (χ1v) is 7.73. The number of anilines is 1. The molecule has 122 valence electrons. The van der Waals surface area contributed by atoms with Gasteiger partial charge in [-0.25, -0.2) is 0 Å². The van der Waals surface area contributed by atoms with Crippen molar-refractivity contribution in [3.8, 4) is 0 Å². The molecule has 0 heterocycles. The van der Waals surface area contributed by atoms with Gasteiger partial charge in [-0.2, -0.15) is 0 Å². The normalized spacial score (nSPS) is 12.1. The van der Waals surface area contributed by atoms with Crippen molar-refractivity contribution in [2.45, 2.75) is 52.6 Å². The van der Waals surface area contributed by atoms with E-state index in [-0.39, 0.29) is 12.5 Å². The van der Waals surface area contributed by atoms with Gasteiger partial charge in [0.05, 0.1) is 6.10 Å². The van der Waals surface area contributed by atoms with Gasteiger partial charge in [0.1, 0.15) is 0 Å². The number of nitrogens with one attached hydrogen (secondary N) is 2. The van der Waals surface area contributed by atoms with Crippen LogP contribution in [-0.4, -0.2) is 29.6 Å². The number of rotatable bonds is 6. The molecule has 1 aromatic carbocycles. The molecule has 0 aromatic heterocycles. The summed E-state index contributed by atoms with van der Waals surface area (Å²) in [5.41, 5.74) is 2.63. The minimum absolute atomic E-state index is 0.248. The van der Waals surface area contributed by atoms with Gasteiger partial charge in [-0.05, 0) is 36.8 Å². The number of aliphatic hydroxyl groups is 1. The average Bonchev–Trinajstić information content (AvgIpc) is 2.48. The van der Waals surface area contributed by atoms with E-state index >= 15 is 0 Å². The quantitative estimate of drug-likeness (QED) is 0.706. The van der Waals surface area contributed by atoms with Crippen LogP contribution in [0.2, 0.25) is 0 Å². The van der Waals surface area contributed by atoms with E-state index in [4.69, 9.17) is 0 Å². The summed E-state index contributed by atoms with van der Waals surface area (Å²) in [6, 6.07) is 5.78. The molecule has 5 nitrogen and oxygen atoms in total. The molecule has 3 N–H and O–H groups in total. The predicted molar refractivity (Wildman–Crippen MR) is 87.8 cm³/mol. The highest BCUT2D eigenvalue weighted by Crippen LogP contribution is 2.27. The third-order valence-corrected chi connectivity index (χ3v) is 3.61. The summed E-state index contributed by atoms with van der Waals surface area (Å²) in [6.45, 7) is 8.13. The summed E-state index contributed by atoms with van der Waals surface area (Å²) in [7, 11) is 0. The Morgan fingerprint density at radius 3 is 2.50 bits per heavy atom. The summed E-state index contributed by atoms with van der Waals surface area (Å²) in [5.74, 6) is -1.11. The Balaban J connectivity index is 2.67.